The Hall–Kier alpha value is -1.42. The molecule has 3 N–H and O–H groups in total. The lowest BCUT2D eigenvalue weighted by Gasteiger charge is -2.20. The molecule has 1 aromatic carbocycles. The Labute approximate surface area is 108 Å². The van der Waals surface area contributed by atoms with Crippen LogP contribution in [0.3, 0.4) is 0 Å². The molecule has 0 aliphatic carbocycles. The molecule has 2 atom stereocenters. The summed E-state index contributed by atoms with van der Waals surface area (Å²) in [7, 11) is 0. The number of hydrogen-bond donors (Lipinski definition) is 2. The summed E-state index contributed by atoms with van der Waals surface area (Å²) in [5.41, 5.74) is 7.72. The molecule has 1 aliphatic heterocycles. The van der Waals surface area contributed by atoms with Crippen molar-refractivity contribution in [3.05, 3.63) is 18.2 Å². The molecule has 1 aromatic rings. The molecule has 0 radical (unpaired) electrons. The van der Waals surface area contributed by atoms with Crippen molar-refractivity contribution < 1.29 is 9.47 Å². The molecule has 4 heteroatoms. The van der Waals surface area contributed by atoms with Crippen LogP contribution >= 0.6 is 0 Å². The van der Waals surface area contributed by atoms with Crippen LogP contribution in [0.5, 0.6) is 5.75 Å². The van der Waals surface area contributed by atoms with Gasteiger partial charge >= 0.3 is 0 Å². The van der Waals surface area contributed by atoms with E-state index in [1.165, 1.54) is 0 Å². The fourth-order valence-corrected chi connectivity index (χ4v) is 2.15. The third kappa shape index (κ3) is 2.88. The molecule has 2 unspecified atom stereocenters. The Morgan fingerprint density at radius 1 is 1.44 bits per heavy atom. The topological polar surface area (TPSA) is 56.5 Å². The molecule has 0 amide bonds. The molecule has 2 rings (SSSR count). The van der Waals surface area contributed by atoms with Gasteiger partial charge in [-0.05, 0) is 39.3 Å². The van der Waals surface area contributed by atoms with Gasteiger partial charge < -0.3 is 20.5 Å². The summed E-state index contributed by atoms with van der Waals surface area (Å²) in [5.74, 6) is 0.738. The first-order valence-electron chi connectivity index (χ1n) is 6.51. The Morgan fingerprint density at radius 2 is 2.22 bits per heavy atom. The molecular formula is C14H22N2O2. The van der Waals surface area contributed by atoms with Gasteiger partial charge in [-0.15, -0.1) is 0 Å². The highest BCUT2D eigenvalue weighted by molar-refractivity contribution is 5.73. The van der Waals surface area contributed by atoms with E-state index in [1.807, 2.05) is 32.0 Å². The molecule has 0 saturated carbocycles. The van der Waals surface area contributed by atoms with E-state index in [4.69, 9.17) is 15.2 Å². The number of para-hydroxylation sites is 1. The largest absolute Gasteiger partial charge is 0.489 e. The second-order valence-electron chi connectivity index (χ2n) is 5.00. The van der Waals surface area contributed by atoms with E-state index in [2.05, 4.69) is 12.2 Å². The molecule has 4 nitrogen and oxygen atoms in total. The number of ether oxygens (including phenoxy) is 2. The predicted molar refractivity (Wildman–Crippen MR) is 74.1 cm³/mol. The van der Waals surface area contributed by atoms with E-state index < -0.39 is 0 Å². The summed E-state index contributed by atoms with van der Waals surface area (Å²) in [6.07, 6.45) is 1.35. The van der Waals surface area contributed by atoms with E-state index >= 15 is 0 Å². The third-order valence-electron chi connectivity index (χ3n) is 3.15. The first kappa shape index (κ1) is 13.0. The van der Waals surface area contributed by atoms with Crippen molar-refractivity contribution in [1.29, 1.82) is 0 Å². The van der Waals surface area contributed by atoms with Gasteiger partial charge in [0, 0.05) is 6.61 Å². The molecule has 0 spiro atoms. The van der Waals surface area contributed by atoms with Crippen molar-refractivity contribution in [3.63, 3.8) is 0 Å². The van der Waals surface area contributed by atoms with Crippen LogP contribution in [0.25, 0.3) is 0 Å². The number of nitrogens with one attached hydrogen (secondary N) is 1. The molecule has 18 heavy (non-hydrogen) atoms. The van der Waals surface area contributed by atoms with Gasteiger partial charge in [0.25, 0.3) is 0 Å². The normalized spacial score (nSPS) is 23.3. The summed E-state index contributed by atoms with van der Waals surface area (Å²) in [4.78, 5) is 0. The summed E-state index contributed by atoms with van der Waals surface area (Å²) in [6, 6.07) is 6.15. The van der Waals surface area contributed by atoms with E-state index in [1.54, 1.807) is 0 Å². The van der Waals surface area contributed by atoms with Gasteiger partial charge in [0.15, 0.2) is 0 Å². The van der Waals surface area contributed by atoms with Gasteiger partial charge in [-0.3, -0.25) is 0 Å². The highest BCUT2D eigenvalue weighted by Gasteiger charge is 2.24. The zero-order valence-corrected chi connectivity index (χ0v) is 11.3. The number of benzene rings is 1. The Morgan fingerprint density at radius 3 is 2.83 bits per heavy atom. The Bertz CT molecular complexity index is 407. The maximum Gasteiger partial charge on any atom is 0.144 e. The van der Waals surface area contributed by atoms with Crippen LogP contribution in [0, 0.1) is 0 Å². The monoisotopic (exact) mass is 250 g/mol. The number of anilines is 2. The summed E-state index contributed by atoms with van der Waals surface area (Å²) in [6.45, 7) is 6.87. The van der Waals surface area contributed by atoms with Crippen LogP contribution in [-0.4, -0.2) is 24.9 Å². The first-order chi connectivity index (χ1) is 8.58. The van der Waals surface area contributed by atoms with Crippen molar-refractivity contribution in [2.24, 2.45) is 0 Å². The van der Waals surface area contributed by atoms with Gasteiger partial charge in [-0.25, -0.2) is 0 Å². The van der Waals surface area contributed by atoms with Crippen LogP contribution < -0.4 is 15.8 Å². The minimum atomic E-state index is 0.122. The van der Waals surface area contributed by atoms with Gasteiger partial charge in [0.2, 0.25) is 0 Å². The molecule has 100 valence electrons. The van der Waals surface area contributed by atoms with E-state index in [0.717, 1.165) is 24.5 Å². The Balaban J connectivity index is 2.12. The van der Waals surface area contributed by atoms with Crippen molar-refractivity contribution in [3.8, 4) is 5.75 Å². The van der Waals surface area contributed by atoms with Crippen LogP contribution in [0.2, 0.25) is 0 Å². The average Bonchev–Trinajstić information content (AvgIpc) is 2.70. The second-order valence-corrected chi connectivity index (χ2v) is 5.00. The third-order valence-corrected chi connectivity index (χ3v) is 3.15. The maximum absolute atomic E-state index is 6.13. The second kappa shape index (κ2) is 5.48. The quantitative estimate of drug-likeness (QED) is 0.807. The van der Waals surface area contributed by atoms with Crippen molar-refractivity contribution in [2.45, 2.75) is 45.4 Å². The van der Waals surface area contributed by atoms with Crippen molar-refractivity contribution in [2.75, 3.05) is 17.7 Å². The van der Waals surface area contributed by atoms with E-state index in [0.29, 0.717) is 11.7 Å². The number of nitrogens with two attached hydrogens (primary N) is 1. The highest BCUT2D eigenvalue weighted by atomic mass is 16.5. The first-order valence-corrected chi connectivity index (χ1v) is 6.51. The molecule has 1 fully saturated rings. The number of rotatable bonds is 4. The molecule has 1 saturated heterocycles. The average molecular weight is 250 g/mol. The van der Waals surface area contributed by atoms with Crippen molar-refractivity contribution >= 4 is 11.4 Å². The summed E-state index contributed by atoms with van der Waals surface area (Å²) >= 11 is 0. The predicted octanol–water partition coefficient (Wildman–Crippen LogP) is 2.65. The van der Waals surface area contributed by atoms with Gasteiger partial charge in [0.05, 0.1) is 29.6 Å². The molecule has 0 aromatic heterocycles. The minimum Gasteiger partial charge on any atom is -0.489 e. The SMILES string of the molecule is CC(C)Oc1cccc(NC2CCOC2C)c1N. The lowest BCUT2D eigenvalue weighted by atomic mass is 10.1. The van der Waals surface area contributed by atoms with E-state index in [9.17, 15) is 0 Å². The van der Waals surface area contributed by atoms with Crippen LogP contribution in [0.15, 0.2) is 18.2 Å². The molecular weight excluding hydrogens is 228 g/mol. The van der Waals surface area contributed by atoms with Crippen LogP contribution in [0.4, 0.5) is 11.4 Å². The minimum absolute atomic E-state index is 0.122. The van der Waals surface area contributed by atoms with Crippen LogP contribution in [0.1, 0.15) is 27.2 Å². The molecule has 1 heterocycles. The Kier molecular flexibility index (Phi) is 3.97. The van der Waals surface area contributed by atoms with Gasteiger partial charge in [-0.1, -0.05) is 6.07 Å². The summed E-state index contributed by atoms with van der Waals surface area (Å²) in [5, 5.41) is 3.44. The van der Waals surface area contributed by atoms with Gasteiger partial charge in [0.1, 0.15) is 5.75 Å². The lowest BCUT2D eigenvalue weighted by molar-refractivity contribution is 0.121. The fraction of sp³-hybridized carbons (Fsp3) is 0.571. The molecule has 1 aliphatic rings. The smallest absolute Gasteiger partial charge is 0.144 e. The highest BCUT2D eigenvalue weighted by Crippen LogP contribution is 2.32. The number of hydrogen-bond acceptors (Lipinski definition) is 4. The van der Waals surface area contributed by atoms with Crippen molar-refractivity contribution in [1.82, 2.24) is 0 Å². The summed E-state index contributed by atoms with van der Waals surface area (Å²) < 4.78 is 11.2. The molecule has 0 bridgehead atoms. The van der Waals surface area contributed by atoms with Crippen LogP contribution in [-0.2, 0) is 4.74 Å². The fourth-order valence-electron chi connectivity index (χ4n) is 2.15. The lowest BCUT2D eigenvalue weighted by Crippen LogP contribution is -2.27. The van der Waals surface area contributed by atoms with Gasteiger partial charge in [-0.2, -0.15) is 0 Å². The maximum atomic E-state index is 6.13. The van der Waals surface area contributed by atoms with E-state index in [-0.39, 0.29) is 12.2 Å². The zero-order valence-electron chi connectivity index (χ0n) is 11.3. The zero-order chi connectivity index (χ0) is 13.1. The standard InChI is InChI=1S/C14H22N2O2/c1-9(2)18-13-6-4-5-12(14(13)15)16-11-7-8-17-10(11)3/h4-6,9-11,16H,7-8,15H2,1-3H3. The number of nitrogen functional groups attached to an aromatic ring is 1.